The molecule has 0 aromatic carbocycles. The summed E-state index contributed by atoms with van der Waals surface area (Å²) in [6.07, 6.45) is 1.79. The molecule has 0 bridgehead atoms. The lowest BCUT2D eigenvalue weighted by atomic mass is 10.3. The molecule has 1 N–H and O–H groups in total. The van der Waals surface area contributed by atoms with Crippen LogP contribution in [0.25, 0.3) is 10.2 Å². The number of nitrogens with one attached hydrogen (secondary N) is 1. The summed E-state index contributed by atoms with van der Waals surface area (Å²) >= 11 is 2.96. The number of nitrogens with zero attached hydrogens (tertiary/aromatic N) is 3. The predicted molar refractivity (Wildman–Crippen MR) is 92.8 cm³/mol. The minimum Gasteiger partial charge on any atom is -0.385 e. The minimum atomic E-state index is 0.0110. The molecule has 0 fully saturated rings. The van der Waals surface area contributed by atoms with Crippen LogP contribution in [0.2, 0.25) is 0 Å². The van der Waals surface area contributed by atoms with Crippen molar-refractivity contribution in [3.8, 4) is 0 Å². The third-order valence-corrected chi connectivity index (χ3v) is 5.15. The summed E-state index contributed by atoms with van der Waals surface area (Å²) < 4.78 is 2.32. The molecule has 0 saturated carbocycles. The average molecular weight is 332 g/mol. The Morgan fingerprint density at radius 1 is 1.41 bits per heavy atom. The van der Waals surface area contributed by atoms with Gasteiger partial charge in [-0.25, -0.2) is 4.98 Å². The van der Waals surface area contributed by atoms with E-state index in [4.69, 9.17) is 0 Å². The number of thiophene rings is 1. The zero-order chi connectivity index (χ0) is 15.5. The van der Waals surface area contributed by atoms with Crippen molar-refractivity contribution < 1.29 is 0 Å². The third kappa shape index (κ3) is 3.00. The van der Waals surface area contributed by atoms with Crippen molar-refractivity contribution in [2.45, 2.75) is 17.8 Å². The summed E-state index contributed by atoms with van der Waals surface area (Å²) in [6.45, 7) is 2.94. The zero-order valence-corrected chi connectivity index (χ0v) is 14.0. The van der Waals surface area contributed by atoms with Crippen molar-refractivity contribution in [1.29, 1.82) is 0 Å². The molecule has 0 saturated heterocycles. The summed E-state index contributed by atoms with van der Waals surface area (Å²) in [6, 6.07) is 5.86. The molecule has 0 radical (unpaired) electrons. The summed E-state index contributed by atoms with van der Waals surface area (Å²) in [4.78, 5) is 21.2. The first-order valence-corrected chi connectivity index (χ1v) is 8.81. The molecule has 3 aromatic rings. The molecule has 3 aromatic heterocycles. The number of thioether (sulfide) groups is 1. The number of hydrogen-bond acceptors (Lipinski definition) is 6. The van der Waals surface area contributed by atoms with Crippen LogP contribution in [0, 0.1) is 0 Å². The minimum absolute atomic E-state index is 0.0110. The quantitative estimate of drug-likeness (QED) is 0.575. The number of hydrogen-bond donors (Lipinski definition) is 1. The first-order valence-electron chi connectivity index (χ1n) is 6.95. The SMILES string of the molecule is CCNc1ccnc(CSc2nc3ccsc3c(=O)n2C)c1. The van der Waals surface area contributed by atoms with E-state index in [1.165, 1.54) is 23.1 Å². The molecule has 0 spiro atoms. The molecule has 7 heteroatoms. The Hall–Kier alpha value is -1.86. The van der Waals surface area contributed by atoms with E-state index < -0.39 is 0 Å². The molecule has 0 amide bonds. The van der Waals surface area contributed by atoms with E-state index in [1.807, 2.05) is 23.6 Å². The van der Waals surface area contributed by atoms with Crippen molar-refractivity contribution in [1.82, 2.24) is 14.5 Å². The second-order valence-electron chi connectivity index (χ2n) is 4.75. The largest absolute Gasteiger partial charge is 0.385 e. The molecule has 114 valence electrons. The molecular formula is C15H16N4OS2. The molecule has 0 aliphatic heterocycles. The smallest absolute Gasteiger partial charge is 0.271 e. The van der Waals surface area contributed by atoms with Crippen LogP contribution in [0.15, 0.2) is 39.7 Å². The highest BCUT2D eigenvalue weighted by molar-refractivity contribution is 7.98. The highest BCUT2D eigenvalue weighted by atomic mass is 32.2. The maximum atomic E-state index is 12.3. The lowest BCUT2D eigenvalue weighted by Gasteiger charge is -2.08. The number of fused-ring (bicyclic) bond motifs is 1. The van der Waals surface area contributed by atoms with Gasteiger partial charge in [-0.1, -0.05) is 11.8 Å². The lowest BCUT2D eigenvalue weighted by Crippen LogP contribution is -2.18. The van der Waals surface area contributed by atoms with E-state index in [9.17, 15) is 4.79 Å². The Morgan fingerprint density at radius 3 is 3.09 bits per heavy atom. The Kier molecular flexibility index (Phi) is 4.44. The molecule has 0 aliphatic carbocycles. The van der Waals surface area contributed by atoms with Crippen LogP contribution in [0.5, 0.6) is 0 Å². The van der Waals surface area contributed by atoms with E-state index >= 15 is 0 Å². The van der Waals surface area contributed by atoms with Gasteiger partial charge in [0, 0.05) is 31.2 Å². The second kappa shape index (κ2) is 6.50. The maximum absolute atomic E-state index is 12.3. The van der Waals surface area contributed by atoms with Gasteiger partial charge in [0.1, 0.15) is 4.70 Å². The molecular weight excluding hydrogens is 316 g/mol. The van der Waals surface area contributed by atoms with Crippen LogP contribution < -0.4 is 10.9 Å². The van der Waals surface area contributed by atoms with E-state index in [2.05, 4.69) is 22.2 Å². The van der Waals surface area contributed by atoms with Gasteiger partial charge >= 0.3 is 0 Å². The van der Waals surface area contributed by atoms with Crippen molar-refractivity contribution >= 4 is 39.0 Å². The predicted octanol–water partition coefficient (Wildman–Crippen LogP) is 3.11. The zero-order valence-electron chi connectivity index (χ0n) is 12.4. The van der Waals surface area contributed by atoms with Crippen LogP contribution in [0.1, 0.15) is 12.6 Å². The molecule has 3 rings (SSSR count). The van der Waals surface area contributed by atoms with Crippen LogP contribution in [0.3, 0.4) is 0 Å². The van der Waals surface area contributed by atoms with Crippen molar-refractivity contribution in [2.24, 2.45) is 7.05 Å². The van der Waals surface area contributed by atoms with Crippen LogP contribution in [0.4, 0.5) is 5.69 Å². The Bertz CT molecular complexity index is 856. The summed E-state index contributed by atoms with van der Waals surface area (Å²) in [5.41, 5.74) is 2.80. The topological polar surface area (TPSA) is 59.8 Å². The van der Waals surface area contributed by atoms with E-state index in [-0.39, 0.29) is 5.56 Å². The fourth-order valence-corrected chi connectivity index (χ4v) is 3.79. The molecule has 5 nitrogen and oxygen atoms in total. The first-order chi connectivity index (χ1) is 10.7. The van der Waals surface area contributed by atoms with Gasteiger partial charge < -0.3 is 5.32 Å². The Labute approximate surface area is 136 Å². The third-order valence-electron chi connectivity index (χ3n) is 3.19. The first kappa shape index (κ1) is 15.1. The highest BCUT2D eigenvalue weighted by Gasteiger charge is 2.10. The fourth-order valence-electron chi connectivity index (χ4n) is 2.11. The standard InChI is InChI=1S/C15H16N4OS2/c1-3-16-10-4-6-17-11(8-10)9-22-15-18-12-5-7-21-13(12)14(20)19(15)2/h4-8H,3,9H2,1-2H3,(H,16,17). The Morgan fingerprint density at radius 2 is 2.27 bits per heavy atom. The molecule has 0 aliphatic rings. The van der Waals surface area contributed by atoms with Crippen molar-refractivity contribution in [3.05, 3.63) is 45.8 Å². The van der Waals surface area contributed by atoms with Gasteiger partial charge in [-0.2, -0.15) is 0 Å². The fraction of sp³-hybridized carbons (Fsp3) is 0.267. The second-order valence-corrected chi connectivity index (χ2v) is 6.61. The summed E-state index contributed by atoms with van der Waals surface area (Å²) in [5.74, 6) is 0.676. The Balaban J connectivity index is 1.83. The van der Waals surface area contributed by atoms with Crippen LogP contribution in [-0.2, 0) is 12.8 Å². The monoisotopic (exact) mass is 332 g/mol. The average Bonchev–Trinajstić information content (AvgIpc) is 2.99. The van der Waals surface area contributed by atoms with Gasteiger partial charge in [-0.3, -0.25) is 14.3 Å². The number of anilines is 1. The molecule has 0 atom stereocenters. The normalized spacial score (nSPS) is 11.0. The number of aromatic nitrogens is 3. The van der Waals surface area contributed by atoms with Gasteiger partial charge in [-0.15, -0.1) is 11.3 Å². The van der Waals surface area contributed by atoms with Gasteiger partial charge in [0.15, 0.2) is 5.16 Å². The van der Waals surface area contributed by atoms with Gasteiger partial charge in [-0.05, 0) is 30.5 Å². The molecule has 22 heavy (non-hydrogen) atoms. The number of rotatable bonds is 5. The van der Waals surface area contributed by atoms with Gasteiger partial charge in [0.2, 0.25) is 0 Å². The highest BCUT2D eigenvalue weighted by Crippen LogP contribution is 2.23. The van der Waals surface area contributed by atoms with Gasteiger partial charge in [0.25, 0.3) is 5.56 Å². The van der Waals surface area contributed by atoms with Crippen LogP contribution >= 0.6 is 23.1 Å². The number of pyridine rings is 1. The van der Waals surface area contributed by atoms with E-state index in [0.717, 1.165) is 23.4 Å². The van der Waals surface area contributed by atoms with Crippen molar-refractivity contribution in [2.75, 3.05) is 11.9 Å². The summed E-state index contributed by atoms with van der Waals surface area (Å²) in [5, 5.41) is 5.88. The van der Waals surface area contributed by atoms with Crippen molar-refractivity contribution in [3.63, 3.8) is 0 Å². The van der Waals surface area contributed by atoms with E-state index in [0.29, 0.717) is 15.6 Å². The maximum Gasteiger partial charge on any atom is 0.271 e. The lowest BCUT2D eigenvalue weighted by molar-refractivity contribution is 0.727. The molecule has 3 heterocycles. The molecule has 0 unspecified atom stereocenters. The summed E-state index contributed by atoms with van der Waals surface area (Å²) in [7, 11) is 1.76. The van der Waals surface area contributed by atoms with Gasteiger partial charge in [0.05, 0.1) is 11.2 Å². The van der Waals surface area contributed by atoms with E-state index in [1.54, 1.807) is 17.8 Å². The van der Waals surface area contributed by atoms with Crippen LogP contribution in [-0.4, -0.2) is 21.1 Å².